The van der Waals surface area contributed by atoms with Gasteiger partial charge in [-0.05, 0) is 67.5 Å². The Morgan fingerprint density at radius 1 is 1.03 bits per heavy atom. The van der Waals surface area contributed by atoms with Crippen molar-refractivity contribution in [2.45, 2.75) is 57.8 Å². The second-order valence-electron chi connectivity index (χ2n) is 7.89. The average Bonchev–Trinajstić information content (AvgIpc) is 2.78. The van der Waals surface area contributed by atoms with Crippen LogP contribution in [0.3, 0.4) is 0 Å². The number of nitrogens with zero attached hydrogens (tertiary/aromatic N) is 1. The van der Waals surface area contributed by atoms with Crippen molar-refractivity contribution in [2.24, 2.45) is 0 Å². The van der Waals surface area contributed by atoms with E-state index in [1.165, 1.54) is 0 Å². The Bertz CT molecular complexity index is 1010. The predicted octanol–water partition coefficient (Wildman–Crippen LogP) is 4.31. The van der Waals surface area contributed by atoms with Gasteiger partial charge in [-0.1, -0.05) is 38.5 Å². The van der Waals surface area contributed by atoms with Crippen LogP contribution in [0, 0.1) is 6.92 Å². The molecular formula is C24H32N2O4S. The fraction of sp³-hybridized carbons (Fsp3) is 0.458. The minimum absolute atomic E-state index is 0.139. The quantitative estimate of drug-likeness (QED) is 0.658. The molecule has 1 fully saturated rings. The number of hydrogen-bond acceptors (Lipinski definition) is 4. The van der Waals surface area contributed by atoms with Gasteiger partial charge in [0.25, 0.3) is 5.91 Å². The lowest BCUT2D eigenvalue weighted by Crippen LogP contribution is -2.35. The number of piperidine rings is 1. The Morgan fingerprint density at radius 3 is 2.26 bits per heavy atom. The zero-order valence-electron chi connectivity index (χ0n) is 18.6. The van der Waals surface area contributed by atoms with Gasteiger partial charge in [-0.15, -0.1) is 0 Å². The van der Waals surface area contributed by atoms with Gasteiger partial charge in [0.15, 0.2) is 6.61 Å². The first kappa shape index (κ1) is 23.3. The number of carbonyl (C=O) groups excluding carboxylic acids is 1. The Morgan fingerprint density at radius 2 is 1.68 bits per heavy atom. The zero-order valence-corrected chi connectivity index (χ0v) is 19.4. The van der Waals surface area contributed by atoms with Gasteiger partial charge in [-0.2, -0.15) is 4.31 Å². The van der Waals surface area contributed by atoms with E-state index in [0.717, 1.165) is 48.9 Å². The molecule has 2 aromatic carbocycles. The normalized spacial score (nSPS) is 14.9. The molecule has 0 unspecified atom stereocenters. The van der Waals surface area contributed by atoms with Gasteiger partial charge in [-0.25, -0.2) is 8.42 Å². The van der Waals surface area contributed by atoms with Gasteiger partial charge >= 0.3 is 0 Å². The highest BCUT2D eigenvalue weighted by Gasteiger charge is 2.26. The number of nitrogens with one attached hydrogen (secondary N) is 1. The summed E-state index contributed by atoms with van der Waals surface area (Å²) in [6, 6.07) is 10.9. The van der Waals surface area contributed by atoms with Crippen LogP contribution in [0.5, 0.6) is 5.75 Å². The molecule has 1 aliphatic rings. The maximum Gasteiger partial charge on any atom is 0.262 e. The van der Waals surface area contributed by atoms with Crippen molar-refractivity contribution in [2.75, 3.05) is 25.0 Å². The van der Waals surface area contributed by atoms with Gasteiger partial charge in [0.1, 0.15) is 5.75 Å². The van der Waals surface area contributed by atoms with E-state index in [-0.39, 0.29) is 17.4 Å². The number of anilines is 1. The van der Waals surface area contributed by atoms with Crippen molar-refractivity contribution in [3.63, 3.8) is 0 Å². The summed E-state index contributed by atoms with van der Waals surface area (Å²) in [6.07, 6.45) is 4.53. The van der Waals surface area contributed by atoms with Crippen molar-refractivity contribution < 1.29 is 17.9 Å². The Hall–Kier alpha value is -2.38. The number of para-hydroxylation sites is 1. The van der Waals surface area contributed by atoms with Gasteiger partial charge < -0.3 is 10.1 Å². The van der Waals surface area contributed by atoms with E-state index >= 15 is 0 Å². The average molecular weight is 445 g/mol. The number of rotatable bonds is 8. The predicted molar refractivity (Wildman–Crippen MR) is 123 cm³/mol. The number of amides is 1. The molecule has 1 heterocycles. The van der Waals surface area contributed by atoms with Crippen LogP contribution >= 0.6 is 0 Å². The third-order valence-electron chi connectivity index (χ3n) is 5.72. The van der Waals surface area contributed by atoms with Crippen LogP contribution in [0.2, 0.25) is 0 Å². The summed E-state index contributed by atoms with van der Waals surface area (Å²) < 4.78 is 33.0. The molecule has 1 amide bonds. The highest BCUT2D eigenvalue weighted by molar-refractivity contribution is 7.89. The topological polar surface area (TPSA) is 75.7 Å². The van der Waals surface area contributed by atoms with E-state index in [9.17, 15) is 13.2 Å². The second-order valence-corrected chi connectivity index (χ2v) is 9.83. The minimum atomic E-state index is -3.49. The van der Waals surface area contributed by atoms with Crippen molar-refractivity contribution >= 4 is 21.6 Å². The molecule has 0 radical (unpaired) electrons. The van der Waals surface area contributed by atoms with Crippen LogP contribution < -0.4 is 10.1 Å². The van der Waals surface area contributed by atoms with E-state index < -0.39 is 10.0 Å². The summed E-state index contributed by atoms with van der Waals surface area (Å²) in [7, 11) is -3.49. The van der Waals surface area contributed by atoms with Crippen LogP contribution in [0.25, 0.3) is 0 Å². The maximum atomic E-state index is 12.9. The van der Waals surface area contributed by atoms with Crippen molar-refractivity contribution in [3.05, 3.63) is 53.1 Å². The van der Waals surface area contributed by atoms with E-state index in [4.69, 9.17) is 4.74 Å². The Labute approximate surface area is 185 Å². The molecule has 168 valence electrons. The van der Waals surface area contributed by atoms with Crippen LogP contribution in [-0.4, -0.2) is 38.3 Å². The molecule has 2 aromatic rings. The summed E-state index contributed by atoms with van der Waals surface area (Å²) in [5.74, 6) is 0.271. The minimum Gasteiger partial charge on any atom is -0.483 e. The molecular weight excluding hydrogens is 412 g/mol. The van der Waals surface area contributed by atoms with Gasteiger partial charge in [-0.3, -0.25) is 4.79 Å². The molecule has 0 saturated carbocycles. The number of ether oxygens (including phenoxy) is 1. The molecule has 0 aromatic heterocycles. The lowest BCUT2D eigenvalue weighted by atomic mass is 10.0. The fourth-order valence-corrected chi connectivity index (χ4v) is 5.52. The SMILES string of the molecule is CCc1cccc(CC)c1NC(=O)COc1ccc(S(=O)(=O)N2CCCCC2)cc1C. The first-order valence-corrected chi connectivity index (χ1v) is 12.4. The first-order valence-electron chi connectivity index (χ1n) is 11.0. The summed E-state index contributed by atoms with van der Waals surface area (Å²) in [6.45, 7) is 6.91. The Kier molecular flexibility index (Phi) is 7.73. The molecule has 31 heavy (non-hydrogen) atoms. The molecule has 0 atom stereocenters. The molecule has 7 heteroatoms. The van der Waals surface area contributed by atoms with Crippen molar-refractivity contribution in [1.82, 2.24) is 4.31 Å². The van der Waals surface area contributed by atoms with E-state index in [1.807, 2.05) is 18.2 Å². The molecule has 0 aliphatic carbocycles. The second kappa shape index (κ2) is 10.3. The molecule has 6 nitrogen and oxygen atoms in total. The molecule has 0 bridgehead atoms. The number of carbonyl (C=O) groups is 1. The lowest BCUT2D eigenvalue weighted by molar-refractivity contribution is -0.118. The van der Waals surface area contributed by atoms with E-state index in [1.54, 1.807) is 29.4 Å². The van der Waals surface area contributed by atoms with Gasteiger partial charge in [0.05, 0.1) is 4.90 Å². The highest BCUT2D eigenvalue weighted by atomic mass is 32.2. The molecule has 1 aliphatic heterocycles. The smallest absolute Gasteiger partial charge is 0.262 e. The standard InChI is InChI=1S/C24H32N2O4S/c1-4-19-10-9-11-20(5-2)24(19)25-23(27)17-30-22-13-12-21(16-18(22)3)31(28,29)26-14-7-6-8-15-26/h9-13,16H,4-8,14-15,17H2,1-3H3,(H,25,27). The third-order valence-corrected chi connectivity index (χ3v) is 7.62. The van der Waals surface area contributed by atoms with Gasteiger partial charge in [0, 0.05) is 18.8 Å². The molecule has 0 spiro atoms. The van der Waals surface area contributed by atoms with Crippen LogP contribution in [0.15, 0.2) is 41.3 Å². The van der Waals surface area contributed by atoms with Crippen molar-refractivity contribution in [3.8, 4) is 5.75 Å². The van der Waals surface area contributed by atoms with E-state index in [0.29, 0.717) is 24.4 Å². The summed E-state index contributed by atoms with van der Waals surface area (Å²) in [4.78, 5) is 12.8. The maximum absolute atomic E-state index is 12.9. The van der Waals surface area contributed by atoms with Crippen LogP contribution in [0.1, 0.15) is 49.8 Å². The Balaban J connectivity index is 1.67. The third kappa shape index (κ3) is 5.46. The van der Waals surface area contributed by atoms with E-state index in [2.05, 4.69) is 19.2 Å². The summed E-state index contributed by atoms with van der Waals surface area (Å²) in [5.41, 5.74) is 3.74. The van der Waals surface area contributed by atoms with Crippen molar-refractivity contribution in [1.29, 1.82) is 0 Å². The number of sulfonamides is 1. The monoisotopic (exact) mass is 444 g/mol. The fourth-order valence-electron chi connectivity index (χ4n) is 3.92. The number of hydrogen-bond donors (Lipinski definition) is 1. The molecule has 3 rings (SSSR count). The highest BCUT2D eigenvalue weighted by Crippen LogP contribution is 2.26. The molecule has 1 saturated heterocycles. The number of aryl methyl sites for hydroxylation is 3. The zero-order chi connectivity index (χ0) is 22.4. The largest absolute Gasteiger partial charge is 0.483 e. The molecule has 1 N–H and O–H groups in total. The van der Waals surface area contributed by atoms with Crippen LogP contribution in [0.4, 0.5) is 5.69 Å². The van der Waals surface area contributed by atoms with Gasteiger partial charge in [0.2, 0.25) is 10.0 Å². The van der Waals surface area contributed by atoms with Crippen LogP contribution in [-0.2, 0) is 27.7 Å². The number of benzene rings is 2. The summed E-state index contributed by atoms with van der Waals surface area (Å²) >= 11 is 0. The first-order chi connectivity index (χ1) is 14.9. The lowest BCUT2D eigenvalue weighted by Gasteiger charge is -2.26. The summed E-state index contributed by atoms with van der Waals surface area (Å²) in [5, 5.41) is 2.98.